The van der Waals surface area contributed by atoms with Crippen LogP contribution in [0.1, 0.15) is 5.56 Å². The van der Waals surface area contributed by atoms with E-state index in [1.54, 1.807) is 46.2 Å². The van der Waals surface area contributed by atoms with Gasteiger partial charge in [0.2, 0.25) is 0 Å². The zero-order chi connectivity index (χ0) is 26.6. The molecule has 3 aromatic carbocycles. The smallest absolute Gasteiger partial charge is 0.416 e. The molecule has 196 valence electrons. The number of para-hydroxylation sites is 1. The minimum Gasteiger partial charge on any atom is -0.482 e. The predicted molar refractivity (Wildman–Crippen MR) is 134 cm³/mol. The van der Waals surface area contributed by atoms with Gasteiger partial charge in [0.1, 0.15) is 5.75 Å². The molecular formula is C25H23ClF3N3O4S. The van der Waals surface area contributed by atoms with Crippen molar-refractivity contribution in [1.82, 2.24) is 4.90 Å². The lowest BCUT2D eigenvalue weighted by Gasteiger charge is -2.36. The van der Waals surface area contributed by atoms with E-state index < -0.39 is 21.8 Å². The third kappa shape index (κ3) is 6.66. The van der Waals surface area contributed by atoms with E-state index in [-0.39, 0.29) is 28.2 Å². The molecule has 0 unspecified atom stereocenters. The van der Waals surface area contributed by atoms with Gasteiger partial charge in [-0.3, -0.25) is 9.52 Å². The first-order valence-electron chi connectivity index (χ1n) is 11.2. The van der Waals surface area contributed by atoms with Crippen LogP contribution < -0.4 is 14.4 Å². The number of nitrogens with one attached hydrogen (secondary N) is 1. The normalized spacial score (nSPS) is 14.4. The SMILES string of the molecule is O=C(COc1ccc(S(=O)(=O)Nc2ccccc2)cc1Cl)N1CCN(c2cccc(C(F)(F)F)c2)CC1. The Kier molecular flexibility index (Phi) is 7.84. The predicted octanol–water partition coefficient (Wildman–Crippen LogP) is 4.89. The highest BCUT2D eigenvalue weighted by molar-refractivity contribution is 7.92. The number of alkyl halides is 3. The Morgan fingerprint density at radius 3 is 2.30 bits per heavy atom. The van der Waals surface area contributed by atoms with Crippen molar-refractivity contribution in [3.8, 4) is 5.75 Å². The van der Waals surface area contributed by atoms with Crippen molar-refractivity contribution in [1.29, 1.82) is 0 Å². The Morgan fingerprint density at radius 1 is 0.946 bits per heavy atom. The molecule has 37 heavy (non-hydrogen) atoms. The molecule has 0 spiro atoms. The van der Waals surface area contributed by atoms with Crippen LogP contribution in [-0.4, -0.2) is 52.0 Å². The second kappa shape index (κ2) is 10.9. The summed E-state index contributed by atoms with van der Waals surface area (Å²) in [5.41, 5.74) is 0.128. The average Bonchev–Trinajstić information content (AvgIpc) is 2.88. The number of hydrogen-bond donors (Lipinski definition) is 1. The number of benzene rings is 3. The minimum atomic E-state index is -4.42. The van der Waals surface area contributed by atoms with Gasteiger partial charge in [0.15, 0.2) is 6.61 Å². The molecule has 1 fully saturated rings. The summed E-state index contributed by atoms with van der Waals surface area (Å²) in [6.07, 6.45) is -4.42. The molecule has 1 saturated heterocycles. The summed E-state index contributed by atoms with van der Waals surface area (Å²) < 4.78 is 72.2. The van der Waals surface area contributed by atoms with Crippen molar-refractivity contribution < 1.29 is 31.1 Å². The highest BCUT2D eigenvalue weighted by atomic mass is 35.5. The van der Waals surface area contributed by atoms with Gasteiger partial charge in [-0.2, -0.15) is 13.2 Å². The van der Waals surface area contributed by atoms with Crippen LogP contribution in [0.2, 0.25) is 5.02 Å². The molecule has 1 aliphatic heterocycles. The summed E-state index contributed by atoms with van der Waals surface area (Å²) in [7, 11) is -3.87. The van der Waals surface area contributed by atoms with Gasteiger partial charge in [-0.1, -0.05) is 35.9 Å². The molecule has 0 radical (unpaired) electrons. The first-order valence-corrected chi connectivity index (χ1v) is 13.1. The van der Waals surface area contributed by atoms with Gasteiger partial charge in [-0.25, -0.2) is 8.42 Å². The van der Waals surface area contributed by atoms with Crippen molar-refractivity contribution in [2.24, 2.45) is 0 Å². The fourth-order valence-electron chi connectivity index (χ4n) is 3.81. The number of sulfonamides is 1. The van der Waals surface area contributed by atoms with E-state index in [1.165, 1.54) is 24.3 Å². The van der Waals surface area contributed by atoms with Crippen molar-refractivity contribution in [3.05, 3.63) is 83.4 Å². The van der Waals surface area contributed by atoms with Gasteiger partial charge < -0.3 is 14.5 Å². The molecule has 1 amide bonds. The number of carbonyl (C=O) groups excluding carboxylic acids is 1. The number of carbonyl (C=O) groups is 1. The lowest BCUT2D eigenvalue weighted by Crippen LogP contribution is -2.50. The Hall–Kier alpha value is -3.44. The second-order valence-corrected chi connectivity index (χ2v) is 10.4. The Labute approximate surface area is 217 Å². The molecule has 1 heterocycles. The minimum absolute atomic E-state index is 0.0260. The summed E-state index contributed by atoms with van der Waals surface area (Å²) in [4.78, 5) is 15.9. The van der Waals surface area contributed by atoms with Gasteiger partial charge >= 0.3 is 6.18 Å². The highest BCUT2D eigenvalue weighted by Gasteiger charge is 2.31. The largest absolute Gasteiger partial charge is 0.482 e. The highest BCUT2D eigenvalue weighted by Crippen LogP contribution is 2.32. The first-order chi connectivity index (χ1) is 17.5. The Bertz CT molecular complexity index is 1360. The van der Waals surface area contributed by atoms with E-state index in [0.717, 1.165) is 12.1 Å². The monoisotopic (exact) mass is 553 g/mol. The summed E-state index contributed by atoms with van der Waals surface area (Å²) in [6.45, 7) is 1.05. The van der Waals surface area contributed by atoms with Gasteiger partial charge in [0, 0.05) is 37.6 Å². The van der Waals surface area contributed by atoms with Crippen molar-refractivity contribution in [2.45, 2.75) is 11.1 Å². The number of hydrogen-bond acceptors (Lipinski definition) is 5. The molecule has 0 aromatic heterocycles. The number of anilines is 2. The lowest BCUT2D eigenvalue weighted by molar-refractivity contribution is -0.137. The van der Waals surface area contributed by atoms with Gasteiger partial charge in [-0.15, -0.1) is 0 Å². The van der Waals surface area contributed by atoms with Crippen LogP contribution in [0.5, 0.6) is 5.75 Å². The van der Waals surface area contributed by atoms with E-state index in [4.69, 9.17) is 16.3 Å². The molecule has 0 saturated carbocycles. The third-order valence-electron chi connectivity index (χ3n) is 5.76. The lowest BCUT2D eigenvalue weighted by atomic mass is 10.1. The molecular weight excluding hydrogens is 531 g/mol. The zero-order valence-corrected chi connectivity index (χ0v) is 21.0. The molecule has 1 aliphatic rings. The number of amides is 1. The summed E-state index contributed by atoms with van der Waals surface area (Å²) in [6, 6.07) is 17.4. The summed E-state index contributed by atoms with van der Waals surface area (Å²) in [5.74, 6) is -0.168. The van der Waals surface area contributed by atoms with E-state index in [0.29, 0.717) is 37.6 Å². The standard InChI is InChI=1S/C25H23ClF3N3O4S/c26-22-16-21(37(34,35)30-19-6-2-1-3-7-19)9-10-23(22)36-17-24(33)32-13-11-31(12-14-32)20-8-4-5-18(15-20)25(27,28)29/h1-10,15-16,30H,11-14,17H2. The Morgan fingerprint density at radius 2 is 1.65 bits per heavy atom. The van der Waals surface area contributed by atoms with E-state index in [2.05, 4.69) is 4.72 Å². The average molecular weight is 554 g/mol. The van der Waals surface area contributed by atoms with Crippen LogP contribution in [-0.2, 0) is 21.0 Å². The quantitative estimate of drug-likeness (QED) is 0.451. The topological polar surface area (TPSA) is 78.9 Å². The van der Waals surface area contributed by atoms with Crippen LogP contribution >= 0.6 is 11.6 Å². The number of rotatable bonds is 7. The molecule has 12 heteroatoms. The molecule has 1 N–H and O–H groups in total. The van der Waals surface area contributed by atoms with E-state index in [9.17, 15) is 26.4 Å². The van der Waals surface area contributed by atoms with Gasteiger partial charge in [-0.05, 0) is 48.5 Å². The third-order valence-corrected chi connectivity index (χ3v) is 7.44. The maximum atomic E-state index is 13.0. The molecule has 0 bridgehead atoms. The van der Waals surface area contributed by atoms with Gasteiger partial charge in [0.05, 0.1) is 15.5 Å². The van der Waals surface area contributed by atoms with Crippen LogP contribution in [0.4, 0.5) is 24.5 Å². The molecule has 3 aromatic rings. The summed E-state index contributed by atoms with van der Waals surface area (Å²) >= 11 is 6.21. The number of halogens is 4. The number of piperazine rings is 1. The number of ether oxygens (including phenoxy) is 1. The summed E-state index contributed by atoms with van der Waals surface area (Å²) in [5, 5.41) is 0.0260. The van der Waals surface area contributed by atoms with Crippen LogP contribution in [0.25, 0.3) is 0 Å². The fraction of sp³-hybridized carbons (Fsp3) is 0.240. The van der Waals surface area contributed by atoms with Gasteiger partial charge in [0.25, 0.3) is 15.9 Å². The fourth-order valence-corrected chi connectivity index (χ4v) is 5.19. The number of nitrogens with zero attached hydrogens (tertiary/aromatic N) is 2. The van der Waals surface area contributed by atoms with Crippen molar-refractivity contribution in [2.75, 3.05) is 42.4 Å². The second-order valence-electron chi connectivity index (χ2n) is 8.27. The van der Waals surface area contributed by atoms with Crippen molar-refractivity contribution in [3.63, 3.8) is 0 Å². The maximum absolute atomic E-state index is 13.0. The van der Waals surface area contributed by atoms with Crippen LogP contribution in [0.15, 0.2) is 77.7 Å². The van der Waals surface area contributed by atoms with Crippen LogP contribution in [0, 0.1) is 0 Å². The van der Waals surface area contributed by atoms with E-state index in [1.807, 2.05) is 0 Å². The molecule has 4 rings (SSSR count). The Balaban J connectivity index is 1.31. The van der Waals surface area contributed by atoms with E-state index >= 15 is 0 Å². The maximum Gasteiger partial charge on any atom is 0.416 e. The molecule has 7 nitrogen and oxygen atoms in total. The molecule has 0 atom stereocenters. The van der Waals surface area contributed by atoms with Crippen LogP contribution in [0.3, 0.4) is 0 Å². The van der Waals surface area contributed by atoms with Crippen molar-refractivity contribution >= 4 is 38.9 Å². The first kappa shape index (κ1) is 26.6. The zero-order valence-electron chi connectivity index (χ0n) is 19.4. The molecule has 0 aliphatic carbocycles.